The second-order valence-corrected chi connectivity index (χ2v) is 8.86. The van der Waals surface area contributed by atoms with E-state index in [1.54, 1.807) is 36.4 Å². The molecule has 150 valence electrons. The molecule has 0 spiro atoms. The molecule has 1 amide bonds. The maximum atomic E-state index is 13.3. The van der Waals surface area contributed by atoms with Crippen LogP contribution in [0.25, 0.3) is 0 Å². The van der Waals surface area contributed by atoms with Crippen LogP contribution in [-0.2, 0) is 21.4 Å². The minimum Gasteiger partial charge on any atom is -0.350 e. The third kappa shape index (κ3) is 5.37. The number of aryl methyl sites for hydroxylation is 1. The number of nitrogens with zero attached hydrogens (tertiary/aromatic N) is 1. The second-order valence-electron chi connectivity index (χ2n) is 6.56. The highest BCUT2D eigenvalue weighted by Crippen LogP contribution is 2.25. The van der Waals surface area contributed by atoms with Gasteiger partial charge in [0.1, 0.15) is 6.54 Å². The Bertz CT molecular complexity index is 1070. The summed E-state index contributed by atoms with van der Waals surface area (Å²) in [7, 11) is -3.93. The summed E-state index contributed by atoms with van der Waals surface area (Å²) in [4.78, 5) is 12.7. The summed E-state index contributed by atoms with van der Waals surface area (Å²) >= 11 is 5.94. The number of carbonyl (C=O) groups is 1. The molecule has 0 aromatic heterocycles. The Hall–Kier alpha value is -2.83. The molecule has 1 N–H and O–H groups in total. The van der Waals surface area contributed by atoms with Gasteiger partial charge in [0.25, 0.3) is 10.0 Å². The zero-order valence-electron chi connectivity index (χ0n) is 15.9. The van der Waals surface area contributed by atoms with Crippen LogP contribution in [0.2, 0.25) is 5.02 Å². The van der Waals surface area contributed by atoms with Crippen molar-refractivity contribution >= 4 is 33.2 Å². The molecule has 0 aliphatic heterocycles. The van der Waals surface area contributed by atoms with E-state index in [-0.39, 0.29) is 11.4 Å². The van der Waals surface area contributed by atoms with Gasteiger partial charge in [0.15, 0.2) is 0 Å². The molecule has 0 bridgehead atoms. The Morgan fingerprint density at radius 1 is 0.931 bits per heavy atom. The molecule has 7 heteroatoms. The molecule has 0 saturated carbocycles. The zero-order chi connectivity index (χ0) is 20.9. The van der Waals surface area contributed by atoms with Gasteiger partial charge in [-0.05, 0) is 48.9 Å². The maximum absolute atomic E-state index is 13.3. The van der Waals surface area contributed by atoms with E-state index in [1.807, 2.05) is 37.3 Å². The van der Waals surface area contributed by atoms with Crippen molar-refractivity contribution in [3.63, 3.8) is 0 Å². The van der Waals surface area contributed by atoms with Crippen molar-refractivity contribution in [3.05, 3.63) is 95.0 Å². The minimum absolute atomic E-state index is 0.119. The fourth-order valence-corrected chi connectivity index (χ4v) is 4.29. The largest absolute Gasteiger partial charge is 0.350 e. The molecule has 3 aromatic rings. The van der Waals surface area contributed by atoms with E-state index in [4.69, 9.17) is 11.6 Å². The van der Waals surface area contributed by atoms with Gasteiger partial charge >= 0.3 is 0 Å². The number of rotatable bonds is 7. The molecule has 0 saturated heterocycles. The number of benzene rings is 3. The number of hydrogen-bond donors (Lipinski definition) is 1. The van der Waals surface area contributed by atoms with E-state index in [9.17, 15) is 13.2 Å². The summed E-state index contributed by atoms with van der Waals surface area (Å²) in [5.74, 6) is -0.403. The van der Waals surface area contributed by atoms with E-state index in [1.165, 1.54) is 12.1 Å². The van der Waals surface area contributed by atoms with Gasteiger partial charge in [-0.3, -0.25) is 9.10 Å². The molecule has 29 heavy (non-hydrogen) atoms. The van der Waals surface area contributed by atoms with E-state index >= 15 is 0 Å². The third-order valence-electron chi connectivity index (χ3n) is 4.34. The Labute approximate surface area is 176 Å². The van der Waals surface area contributed by atoms with Gasteiger partial charge in [0.05, 0.1) is 10.6 Å². The number of carbonyl (C=O) groups excluding carboxylic acids is 1. The van der Waals surface area contributed by atoms with Gasteiger partial charge in [-0.25, -0.2) is 8.42 Å². The van der Waals surface area contributed by atoms with Crippen LogP contribution in [0.4, 0.5) is 5.69 Å². The van der Waals surface area contributed by atoms with Crippen molar-refractivity contribution < 1.29 is 13.2 Å². The lowest BCUT2D eigenvalue weighted by Gasteiger charge is -2.24. The van der Waals surface area contributed by atoms with Gasteiger partial charge in [-0.2, -0.15) is 0 Å². The maximum Gasteiger partial charge on any atom is 0.264 e. The van der Waals surface area contributed by atoms with E-state index in [2.05, 4.69) is 5.32 Å². The highest BCUT2D eigenvalue weighted by molar-refractivity contribution is 7.92. The van der Waals surface area contributed by atoms with Crippen molar-refractivity contribution in [2.24, 2.45) is 0 Å². The van der Waals surface area contributed by atoms with Crippen LogP contribution in [0, 0.1) is 6.92 Å². The first-order valence-electron chi connectivity index (χ1n) is 9.02. The lowest BCUT2D eigenvalue weighted by atomic mass is 10.2. The molecule has 0 heterocycles. The molecule has 3 aromatic carbocycles. The lowest BCUT2D eigenvalue weighted by Crippen LogP contribution is -2.40. The molecule has 3 rings (SSSR count). The lowest BCUT2D eigenvalue weighted by molar-refractivity contribution is -0.119. The Morgan fingerprint density at radius 2 is 1.55 bits per heavy atom. The third-order valence-corrected chi connectivity index (χ3v) is 6.38. The minimum atomic E-state index is -3.93. The molecular weight excluding hydrogens is 408 g/mol. The van der Waals surface area contributed by atoms with Crippen molar-refractivity contribution in [2.75, 3.05) is 10.8 Å². The van der Waals surface area contributed by atoms with Crippen molar-refractivity contribution in [1.29, 1.82) is 0 Å². The van der Waals surface area contributed by atoms with Crippen LogP contribution >= 0.6 is 11.6 Å². The van der Waals surface area contributed by atoms with E-state index in [0.29, 0.717) is 17.3 Å². The molecule has 0 atom stereocenters. The van der Waals surface area contributed by atoms with Gasteiger partial charge in [0.2, 0.25) is 5.91 Å². The number of nitrogens with one attached hydrogen (secondary N) is 1. The SMILES string of the molecule is Cc1ccc(S(=O)(=O)N(CC(=O)NCc2ccccc2)c2ccc(Cl)cc2)cc1. The predicted molar refractivity (Wildman–Crippen MR) is 115 cm³/mol. The topological polar surface area (TPSA) is 66.5 Å². The first-order valence-corrected chi connectivity index (χ1v) is 10.8. The summed E-state index contributed by atoms with van der Waals surface area (Å²) in [5, 5.41) is 3.25. The molecule has 0 unspecified atom stereocenters. The average Bonchev–Trinajstić information content (AvgIpc) is 2.72. The second kappa shape index (κ2) is 9.11. The number of halogens is 1. The molecular formula is C22H21ClN2O3S. The van der Waals surface area contributed by atoms with Crippen LogP contribution in [0.3, 0.4) is 0 Å². The normalized spacial score (nSPS) is 11.1. The summed E-state index contributed by atoms with van der Waals surface area (Å²) in [6.45, 7) is 1.85. The number of amides is 1. The van der Waals surface area contributed by atoms with Crippen LogP contribution in [0.1, 0.15) is 11.1 Å². The number of sulfonamides is 1. The number of hydrogen-bond acceptors (Lipinski definition) is 3. The molecule has 0 aliphatic rings. The molecule has 0 fully saturated rings. The van der Waals surface area contributed by atoms with Crippen molar-refractivity contribution in [3.8, 4) is 0 Å². The number of anilines is 1. The van der Waals surface area contributed by atoms with Gasteiger partial charge in [-0.1, -0.05) is 59.6 Å². The Morgan fingerprint density at radius 3 is 2.17 bits per heavy atom. The monoisotopic (exact) mass is 428 g/mol. The Kier molecular flexibility index (Phi) is 6.56. The fraction of sp³-hybridized carbons (Fsp3) is 0.136. The van der Waals surface area contributed by atoms with Gasteiger partial charge < -0.3 is 5.32 Å². The van der Waals surface area contributed by atoms with Crippen LogP contribution in [0.15, 0.2) is 83.8 Å². The highest BCUT2D eigenvalue weighted by atomic mass is 35.5. The van der Waals surface area contributed by atoms with Crippen LogP contribution < -0.4 is 9.62 Å². The van der Waals surface area contributed by atoms with Gasteiger partial charge in [-0.15, -0.1) is 0 Å². The van der Waals surface area contributed by atoms with E-state index in [0.717, 1.165) is 15.4 Å². The quantitative estimate of drug-likeness (QED) is 0.614. The molecule has 5 nitrogen and oxygen atoms in total. The van der Waals surface area contributed by atoms with Crippen molar-refractivity contribution in [1.82, 2.24) is 5.32 Å². The van der Waals surface area contributed by atoms with E-state index < -0.39 is 15.9 Å². The highest BCUT2D eigenvalue weighted by Gasteiger charge is 2.27. The van der Waals surface area contributed by atoms with Crippen LogP contribution in [0.5, 0.6) is 0 Å². The first kappa shape index (κ1) is 20.9. The first-order chi connectivity index (χ1) is 13.9. The molecule has 0 aliphatic carbocycles. The fourth-order valence-electron chi connectivity index (χ4n) is 2.74. The van der Waals surface area contributed by atoms with Crippen molar-refractivity contribution in [2.45, 2.75) is 18.4 Å². The average molecular weight is 429 g/mol. The predicted octanol–water partition coefficient (Wildman–Crippen LogP) is 4.16. The van der Waals surface area contributed by atoms with Crippen LogP contribution in [-0.4, -0.2) is 20.9 Å². The summed E-state index contributed by atoms with van der Waals surface area (Å²) in [5.41, 5.74) is 2.24. The zero-order valence-corrected chi connectivity index (χ0v) is 17.5. The van der Waals surface area contributed by atoms with Gasteiger partial charge in [0, 0.05) is 11.6 Å². The molecule has 0 radical (unpaired) electrons. The summed E-state index contributed by atoms with van der Waals surface area (Å²) < 4.78 is 27.6. The standard InChI is InChI=1S/C22H21ClN2O3S/c1-17-7-13-21(14-8-17)29(27,28)25(20-11-9-19(23)10-12-20)16-22(26)24-15-18-5-3-2-4-6-18/h2-14H,15-16H2,1H3,(H,24,26). The smallest absolute Gasteiger partial charge is 0.264 e. The summed E-state index contributed by atoms with van der Waals surface area (Å²) in [6, 6.07) is 22.3. The summed E-state index contributed by atoms with van der Waals surface area (Å²) in [6.07, 6.45) is 0. The Balaban J connectivity index is 1.86.